The number of hydrogen-bond donors (Lipinski definition) is 1. The van der Waals surface area contributed by atoms with Gasteiger partial charge in [-0.25, -0.2) is 9.55 Å². The second-order valence-electron chi connectivity index (χ2n) is 14.4. The Bertz CT molecular complexity index is 664. The van der Waals surface area contributed by atoms with Crippen LogP contribution in [0.25, 0.3) is 0 Å². The molecule has 0 amide bonds. The summed E-state index contributed by atoms with van der Waals surface area (Å²) in [6.45, 7) is 9.41. The lowest BCUT2D eigenvalue weighted by Crippen LogP contribution is -2.41. The second-order valence-corrected chi connectivity index (χ2v) is 14.4. The molecular formula is C41H81N2+. The minimum atomic E-state index is 0.620. The molecule has 0 aromatic carbocycles. The molecule has 1 heterocycles. The molecule has 0 saturated heterocycles. The molecule has 0 saturated carbocycles. The van der Waals surface area contributed by atoms with Crippen LogP contribution < -0.4 is 4.57 Å². The Hall–Kier alpha value is -0.790. The second kappa shape index (κ2) is 31.2. The van der Waals surface area contributed by atoms with E-state index in [1.165, 1.54) is 211 Å². The Balaban J connectivity index is 2.35. The summed E-state index contributed by atoms with van der Waals surface area (Å²) in [4.78, 5) is 3.75. The van der Waals surface area contributed by atoms with Gasteiger partial charge in [0.15, 0.2) is 0 Å². The molecule has 254 valence electrons. The van der Waals surface area contributed by atoms with Crippen LogP contribution in [0.1, 0.15) is 251 Å². The average Bonchev–Trinajstić information content (AvgIpc) is 3.51. The van der Waals surface area contributed by atoms with E-state index in [4.69, 9.17) is 0 Å². The maximum Gasteiger partial charge on any atom is 0.257 e. The molecule has 2 nitrogen and oxygen atoms in total. The lowest BCUT2D eigenvalue weighted by Gasteiger charge is -2.17. The number of unbranched alkanes of at least 4 members (excludes halogenated alkanes) is 26. The van der Waals surface area contributed by atoms with Crippen LogP contribution >= 0.6 is 0 Å². The lowest BCUT2D eigenvalue weighted by atomic mass is 9.92. The summed E-state index contributed by atoms with van der Waals surface area (Å²) in [6, 6.07) is 0.620. The van der Waals surface area contributed by atoms with Crippen LogP contribution in [-0.4, -0.2) is 4.98 Å². The van der Waals surface area contributed by atoms with E-state index in [0.29, 0.717) is 12.0 Å². The number of hydrogen-bond acceptors (Lipinski definition) is 0. The number of imidazole rings is 1. The van der Waals surface area contributed by atoms with Crippen molar-refractivity contribution in [3.63, 3.8) is 0 Å². The van der Waals surface area contributed by atoms with Crippen molar-refractivity contribution < 1.29 is 4.57 Å². The maximum absolute atomic E-state index is 3.75. The van der Waals surface area contributed by atoms with Crippen LogP contribution in [0.2, 0.25) is 0 Å². The zero-order chi connectivity index (χ0) is 31.1. The molecule has 43 heavy (non-hydrogen) atoms. The van der Waals surface area contributed by atoms with Gasteiger partial charge in [0.2, 0.25) is 0 Å². The van der Waals surface area contributed by atoms with Crippen molar-refractivity contribution in [1.82, 2.24) is 4.98 Å². The molecule has 0 aliphatic rings. The summed E-state index contributed by atoms with van der Waals surface area (Å²) in [5, 5.41) is 0. The molecule has 1 rings (SSSR count). The smallest absolute Gasteiger partial charge is 0.247 e. The van der Waals surface area contributed by atoms with Crippen LogP contribution in [0, 0.1) is 0 Å². The Morgan fingerprint density at radius 1 is 0.442 bits per heavy atom. The van der Waals surface area contributed by atoms with Gasteiger partial charge in [0.05, 0.1) is 12.0 Å². The number of nitrogens with one attached hydrogen (secondary N) is 1. The van der Waals surface area contributed by atoms with Gasteiger partial charge in [-0.05, 0) is 32.6 Å². The molecule has 0 aliphatic heterocycles. The van der Waals surface area contributed by atoms with Crippen molar-refractivity contribution in [2.45, 2.75) is 245 Å². The monoisotopic (exact) mass is 602 g/mol. The van der Waals surface area contributed by atoms with Crippen molar-refractivity contribution in [3.8, 4) is 0 Å². The zero-order valence-corrected chi connectivity index (χ0v) is 30.4. The highest BCUT2D eigenvalue weighted by atomic mass is 15.1. The first kappa shape index (κ1) is 40.2. The van der Waals surface area contributed by atoms with Crippen LogP contribution in [0.5, 0.6) is 0 Å². The quantitative estimate of drug-likeness (QED) is 0.0599. The topological polar surface area (TPSA) is 19.7 Å². The fraction of sp³-hybridized carbons (Fsp3) is 0.927. The first-order chi connectivity index (χ1) is 21.2. The van der Waals surface area contributed by atoms with Crippen LogP contribution in [-0.2, 0) is 0 Å². The number of aromatic amines is 1. The molecule has 2 atom stereocenters. The van der Waals surface area contributed by atoms with E-state index in [-0.39, 0.29) is 0 Å². The van der Waals surface area contributed by atoms with Crippen molar-refractivity contribution in [2.75, 3.05) is 0 Å². The summed E-state index contributed by atoms with van der Waals surface area (Å²) in [5.74, 6) is 2.25. The van der Waals surface area contributed by atoms with Gasteiger partial charge in [-0.3, -0.25) is 0 Å². The number of nitrogens with zero attached hydrogens (tertiary/aromatic N) is 1. The summed E-state index contributed by atoms with van der Waals surface area (Å²) in [7, 11) is 0. The van der Waals surface area contributed by atoms with Gasteiger partial charge < -0.3 is 0 Å². The molecule has 1 aromatic rings. The van der Waals surface area contributed by atoms with E-state index in [2.05, 4.69) is 49.6 Å². The summed E-state index contributed by atoms with van der Waals surface area (Å²) >= 11 is 0. The van der Waals surface area contributed by atoms with E-state index in [0.717, 1.165) is 0 Å². The van der Waals surface area contributed by atoms with Gasteiger partial charge in [0.25, 0.3) is 5.82 Å². The minimum Gasteiger partial charge on any atom is -0.247 e. The summed E-state index contributed by atoms with van der Waals surface area (Å²) < 4.78 is 2.63. The van der Waals surface area contributed by atoms with Crippen molar-refractivity contribution in [2.24, 2.45) is 0 Å². The molecule has 0 fully saturated rings. The first-order valence-corrected chi connectivity index (χ1v) is 20.3. The molecule has 0 radical (unpaired) electrons. The Morgan fingerprint density at radius 2 is 0.744 bits per heavy atom. The van der Waals surface area contributed by atoms with E-state index in [1.54, 1.807) is 0 Å². The Morgan fingerprint density at radius 3 is 1.09 bits per heavy atom. The van der Waals surface area contributed by atoms with E-state index in [9.17, 15) is 0 Å². The largest absolute Gasteiger partial charge is 0.257 e. The molecule has 2 heteroatoms. The van der Waals surface area contributed by atoms with Gasteiger partial charge in [-0.1, -0.05) is 201 Å². The summed E-state index contributed by atoms with van der Waals surface area (Å²) in [6.07, 6.45) is 50.2. The molecule has 1 N–H and O–H groups in total. The number of aromatic nitrogens is 2. The first-order valence-electron chi connectivity index (χ1n) is 20.3. The normalized spacial score (nSPS) is 13.1. The third kappa shape index (κ3) is 23.2. The van der Waals surface area contributed by atoms with Gasteiger partial charge in [0, 0.05) is 0 Å². The van der Waals surface area contributed by atoms with Crippen LogP contribution in [0.3, 0.4) is 0 Å². The van der Waals surface area contributed by atoms with E-state index < -0.39 is 0 Å². The highest BCUT2D eigenvalue weighted by Crippen LogP contribution is 2.27. The van der Waals surface area contributed by atoms with E-state index in [1.807, 2.05) is 0 Å². The minimum absolute atomic E-state index is 0.620. The van der Waals surface area contributed by atoms with Gasteiger partial charge >= 0.3 is 0 Å². The Kier molecular flexibility index (Phi) is 29.2. The maximum atomic E-state index is 3.75. The SMILES string of the molecule is CCCCCCCCCCCCCCCCCC(CCCCCCCCC)c1[nH]cc[n+]1C(C)CCCCCCCCC. The highest BCUT2D eigenvalue weighted by molar-refractivity contribution is 4.90. The molecule has 0 aliphatic carbocycles. The average molecular weight is 602 g/mol. The van der Waals surface area contributed by atoms with Crippen molar-refractivity contribution in [1.29, 1.82) is 0 Å². The van der Waals surface area contributed by atoms with Gasteiger partial charge in [0.1, 0.15) is 12.4 Å². The van der Waals surface area contributed by atoms with Crippen LogP contribution in [0.4, 0.5) is 0 Å². The number of H-pyrrole nitrogens is 1. The Labute approximate surface area is 272 Å². The highest BCUT2D eigenvalue weighted by Gasteiger charge is 2.25. The van der Waals surface area contributed by atoms with Crippen molar-refractivity contribution in [3.05, 3.63) is 18.2 Å². The fourth-order valence-corrected chi connectivity index (χ4v) is 7.13. The molecule has 0 bridgehead atoms. The zero-order valence-electron chi connectivity index (χ0n) is 30.4. The standard InChI is InChI=1S/C41H80N2/c1-5-8-11-14-17-18-19-20-21-22-23-24-27-30-33-36-40(35-32-29-26-16-13-10-7-3)41-42-37-38-43(41)39(4)34-31-28-25-15-12-9-6-2/h37-40H,5-36H2,1-4H3/p+1. The fourth-order valence-electron chi connectivity index (χ4n) is 7.13. The predicted molar refractivity (Wildman–Crippen MR) is 193 cm³/mol. The van der Waals surface area contributed by atoms with Crippen LogP contribution in [0.15, 0.2) is 12.4 Å². The summed E-state index contributed by atoms with van der Waals surface area (Å²) in [5.41, 5.74) is 0. The van der Waals surface area contributed by atoms with Crippen molar-refractivity contribution >= 4 is 0 Å². The number of rotatable bonds is 34. The van der Waals surface area contributed by atoms with E-state index >= 15 is 0 Å². The molecule has 2 unspecified atom stereocenters. The lowest BCUT2D eigenvalue weighted by molar-refractivity contribution is -0.727. The third-order valence-electron chi connectivity index (χ3n) is 10.1. The van der Waals surface area contributed by atoms with Gasteiger partial charge in [-0.15, -0.1) is 0 Å². The van der Waals surface area contributed by atoms with Gasteiger partial charge in [-0.2, -0.15) is 0 Å². The third-order valence-corrected chi connectivity index (χ3v) is 10.1. The molecular weight excluding hydrogens is 520 g/mol. The predicted octanol–water partition coefficient (Wildman–Crippen LogP) is 14.5. The molecule has 1 aromatic heterocycles. The molecule has 0 spiro atoms.